The van der Waals surface area contributed by atoms with E-state index in [2.05, 4.69) is 37.7 Å². The van der Waals surface area contributed by atoms with Crippen LogP contribution in [0.2, 0.25) is 0 Å². The van der Waals surface area contributed by atoms with Crippen LogP contribution in [0.4, 0.5) is 0 Å². The smallest absolute Gasteiger partial charge is 0.290 e. The second-order valence-corrected chi connectivity index (χ2v) is 7.20. The van der Waals surface area contributed by atoms with E-state index in [0.717, 1.165) is 12.5 Å². The number of hydrogen-bond donors (Lipinski definition) is 1. The third-order valence-electron chi connectivity index (χ3n) is 4.10. The molecule has 1 unspecified atom stereocenters. The van der Waals surface area contributed by atoms with E-state index in [1.165, 1.54) is 36.4 Å². The van der Waals surface area contributed by atoms with E-state index >= 15 is 0 Å². The Kier molecular flexibility index (Phi) is 6.62. The van der Waals surface area contributed by atoms with Gasteiger partial charge in [-0.3, -0.25) is 4.79 Å². The van der Waals surface area contributed by atoms with Gasteiger partial charge >= 0.3 is 0 Å². The first kappa shape index (κ1) is 17.1. The predicted molar refractivity (Wildman–Crippen MR) is 83.3 cm³/mol. The molecule has 0 aromatic carbocycles. The van der Waals surface area contributed by atoms with Crippen molar-refractivity contribution >= 4 is 17.8 Å². The minimum atomic E-state index is -0.250. The van der Waals surface area contributed by atoms with Crippen LogP contribution < -0.4 is 0 Å². The van der Waals surface area contributed by atoms with Gasteiger partial charge < -0.3 is 10.0 Å². The maximum absolute atomic E-state index is 8.36. The highest BCUT2D eigenvalue weighted by Gasteiger charge is 2.32. The molecule has 4 nitrogen and oxygen atoms in total. The van der Waals surface area contributed by atoms with Crippen molar-refractivity contribution in [1.82, 2.24) is 9.88 Å². The van der Waals surface area contributed by atoms with E-state index < -0.39 is 0 Å². The van der Waals surface area contributed by atoms with Crippen LogP contribution in [0.5, 0.6) is 0 Å². The Hall–Kier alpha value is -0.940. The normalized spacial score (nSPS) is 20.6. The van der Waals surface area contributed by atoms with Crippen LogP contribution in [-0.4, -0.2) is 41.1 Å². The fourth-order valence-electron chi connectivity index (χ4n) is 2.80. The van der Waals surface area contributed by atoms with Crippen LogP contribution in [0.15, 0.2) is 5.51 Å². The van der Waals surface area contributed by atoms with Gasteiger partial charge in [-0.2, -0.15) is 0 Å². The molecule has 1 aromatic rings. The summed E-state index contributed by atoms with van der Waals surface area (Å²) in [5, 5.41) is 6.89. The molecule has 1 atom stereocenters. The Bertz CT molecular complexity index is 418. The average Bonchev–Trinajstić information content (AvgIpc) is 2.93. The number of thiazole rings is 1. The summed E-state index contributed by atoms with van der Waals surface area (Å²) >= 11 is 1.80. The number of hydrogen-bond acceptors (Lipinski definition) is 4. The Morgan fingerprint density at radius 1 is 1.60 bits per heavy atom. The zero-order chi connectivity index (χ0) is 15.2. The monoisotopic (exact) mass is 298 g/mol. The molecule has 1 aliphatic carbocycles. The van der Waals surface area contributed by atoms with Gasteiger partial charge in [0.25, 0.3) is 6.47 Å². The van der Waals surface area contributed by atoms with Gasteiger partial charge in [-0.05, 0) is 45.1 Å². The summed E-state index contributed by atoms with van der Waals surface area (Å²) in [7, 11) is 2.28. The number of aromatic nitrogens is 1. The summed E-state index contributed by atoms with van der Waals surface area (Å²) < 4.78 is 0. The topological polar surface area (TPSA) is 53.4 Å². The molecular weight excluding hydrogens is 272 g/mol. The zero-order valence-electron chi connectivity index (χ0n) is 12.9. The van der Waals surface area contributed by atoms with Crippen molar-refractivity contribution in [3.8, 4) is 0 Å². The minimum absolute atomic E-state index is 0.250. The molecule has 0 aliphatic heterocycles. The van der Waals surface area contributed by atoms with E-state index in [-0.39, 0.29) is 6.47 Å². The number of rotatable bonds is 4. The molecule has 0 spiro atoms. The molecule has 1 saturated carbocycles. The van der Waals surface area contributed by atoms with E-state index in [1.54, 1.807) is 11.3 Å². The molecule has 0 saturated heterocycles. The molecule has 1 fully saturated rings. The molecule has 2 rings (SSSR count). The minimum Gasteiger partial charge on any atom is -0.483 e. The quantitative estimate of drug-likeness (QED) is 0.867. The standard InChI is InChI=1S/C14H24N2S.CH2O2/c1-11-13(17-10-15-11)6-8-16(4)12-5-7-14(2,3)9-12;2-1-3/h10,12H,5-9H2,1-4H3;1H,(H,2,3). The highest BCUT2D eigenvalue weighted by atomic mass is 32.1. The highest BCUT2D eigenvalue weighted by molar-refractivity contribution is 7.09. The van der Waals surface area contributed by atoms with Gasteiger partial charge in [0.1, 0.15) is 0 Å². The molecule has 0 radical (unpaired) electrons. The molecule has 0 bridgehead atoms. The number of likely N-dealkylation sites (N-methyl/N-ethyl adjacent to an activating group) is 1. The zero-order valence-corrected chi connectivity index (χ0v) is 13.7. The van der Waals surface area contributed by atoms with Gasteiger partial charge in [-0.15, -0.1) is 11.3 Å². The fourth-order valence-corrected chi connectivity index (χ4v) is 3.57. The van der Waals surface area contributed by atoms with Gasteiger partial charge in [0.05, 0.1) is 11.2 Å². The van der Waals surface area contributed by atoms with Gasteiger partial charge in [-0.1, -0.05) is 13.8 Å². The Morgan fingerprint density at radius 3 is 2.70 bits per heavy atom. The van der Waals surface area contributed by atoms with Crippen molar-refractivity contribution in [1.29, 1.82) is 0 Å². The molecule has 5 heteroatoms. The first-order chi connectivity index (χ1) is 9.39. The lowest BCUT2D eigenvalue weighted by molar-refractivity contribution is -0.122. The highest BCUT2D eigenvalue weighted by Crippen LogP contribution is 2.38. The fraction of sp³-hybridized carbons (Fsp3) is 0.733. The van der Waals surface area contributed by atoms with Crippen LogP contribution in [0, 0.1) is 12.3 Å². The van der Waals surface area contributed by atoms with Crippen LogP contribution in [-0.2, 0) is 11.2 Å². The second-order valence-electron chi connectivity index (χ2n) is 6.26. The Balaban J connectivity index is 0.000000612. The Morgan fingerprint density at radius 2 is 2.25 bits per heavy atom. The maximum Gasteiger partial charge on any atom is 0.290 e. The lowest BCUT2D eigenvalue weighted by Gasteiger charge is -2.25. The second kappa shape index (κ2) is 7.74. The van der Waals surface area contributed by atoms with Crippen LogP contribution >= 0.6 is 11.3 Å². The molecular formula is C15H26N2O2S. The van der Waals surface area contributed by atoms with Crippen LogP contribution in [0.3, 0.4) is 0 Å². The molecule has 114 valence electrons. The van der Waals surface area contributed by atoms with Crippen molar-refractivity contribution in [2.75, 3.05) is 13.6 Å². The first-order valence-corrected chi connectivity index (χ1v) is 7.94. The van der Waals surface area contributed by atoms with Crippen molar-refractivity contribution in [2.24, 2.45) is 5.41 Å². The first-order valence-electron chi connectivity index (χ1n) is 7.06. The summed E-state index contributed by atoms with van der Waals surface area (Å²) in [5.41, 5.74) is 3.73. The molecule has 20 heavy (non-hydrogen) atoms. The van der Waals surface area contributed by atoms with E-state index in [9.17, 15) is 0 Å². The maximum atomic E-state index is 8.36. The SMILES string of the molecule is Cc1ncsc1CCN(C)C1CCC(C)(C)C1.O=CO. The van der Waals surface area contributed by atoms with Gasteiger partial charge in [0.15, 0.2) is 0 Å². The summed E-state index contributed by atoms with van der Waals surface area (Å²) in [6.45, 7) is 7.83. The largest absolute Gasteiger partial charge is 0.483 e. The lowest BCUT2D eigenvalue weighted by atomic mass is 9.91. The molecule has 1 aromatic heterocycles. The third kappa shape index (κ3) is 5.21. The summed E-state index contributed by atoms with van der Waals surface area (Å²) in [6.07, 6.45) is 5.25. The van der Waals surface area contributed by atoms with Gasteiger partial charge in [0.2, 0.25) is 0 Å². The number of nitrogens with zero attached hydrogens (tertiary/aromatic N) is 2. The molecule has 1 N–H and O–H groups in total. The van der Waals surface area contributed by atoms with Crippen molar-refractivity contribution < 1.29 is 9.90 Å². The van der Waals surface area contributed by atoms with Crippen LogP contribution in [0.25, 0.3) is 0 Å². The predicted octanol–water partition coefficient (Wildman–Crippen LogP) is 3.21. The van der Waals surface area contributed by atoms with Crippen LogP contribution in [0.1, 0.15) is 43.7 Å². The summed E-state index contributed by atoms with van der Waals surface area (Å²) in [5.74, 6) is 0. The van der Waals surface area contributed by atoms with Crippen molar-refractivity contribution in [3.05, 3.63) is 16.1 Å². The molecule has 1 heterocycles. The Labute approximate surface area is 125 Å². The lowest BCUT2D eigenvalue weighted by Crippen LogP contribution is -2.32. The van der Waals surface area contributed by atoms with Crippen molar-refractivity contribution in [3.63, 3.8) is 0 Å². The summed E-state index contributed by atoms with van der Waals surface area (Å²) in [4.78, 5) is 16.7. The molecule has 0 amide bonds. The summed E-state index contributed by atoms with van der Waals surface area (Å²) in [6, 6.07) is 0.790. The molecule has 1 aliphatic rings. The van der Waals surface area contributed by atoms with E-state index in [1.807, 2.05) is 5.51 Å². The van der Waals surface area contributed by atoms with E-state index in [4.69, 9.17) is 9.90 Å². The number of aryl methyl sites for hydroxylation is 1. The van der Waals surface area contributed by atoms with Crippen molar-refractivity contribution in [2.45, 2.75) is 52.5 Å². The average molecular weight is 298 g/mol. The number of carbonyl (C=O) groups is 1. The number of carboxylic acid groups (broad SMARTS) is 1. The third-order valence-corrected chi connectivity index (χ3v) is 5.10. The van der Waals surface area contributed by atoms with Gasteiger partial charge in [-0.25, -0.2) is 4.98 Å². The van der Waals surface area contributed by atoms with Gasteiger partial charge in [0, 0.05) is 17.5 Å². The van der Waals surface area contributed by atoms with E-state index in [0.29, 0.717) is 5.41 Å².